The molecule has 0 spiro atoms. The van der Waals surface area contributed by atoms with Crippen molar-refractivity contribution in [3.05, 3.63) is 32.7 Å². The number of rotatable bonds is 1. The van der Waals surface area contributed by atoms with Gasteiger partial charge in [-0.15, -0.1) is 0 Å². The third-order valence-electron chi connectivity index (χ3n) is 1.75. The lowest BCUT2D eigenvalue weighted by atomic mass is 10.2. The van der Waals surface area contributed by atoms with Gasteiger partial charge in [0.1, 0.15) is 10.4 Å². The molecule has 1 aromatic carbocycles. The predicted octanol–water partition coefficient (Wildman–Crippen LogP) is 2.37. The summed E-state index contributed by atoms with van der Waals surface area (Å²) in [7, 11) is 0. The van der Waals surface area contributed by atoms with E-state index < -0.39 is 10.7 Å². The molecule has 1 aromatic heterocycles. The first-order valence-corrected chi connectivity index (χ1v) is 4.36. The fourth-order valence-corrected chi connectivity index (χ4v) is 1.56. The van der Waals surface area contributed by atoms with Crippen molar-refractivity contribution in [2.24, 2.45) is 0 Å². The molecule has 0 saturated heterocycles. The number of nitrogens with zero attached hydrogens (tertiary/aromatic N) is 2. The van der Waals surface area contributed by atoms with Gasteiger partial charge in [0.2, 0.25) is 0 Å². The minimum Gasteiger partial charge on any atom is -0.270 e. The maximum Gasteiger partial charge on any atom is 0.300 e. The van der Waals surface area contributed by atoms with Gasteiger partial charge >= 0.3 is 0 Å². The molecule has 72 valence electrons. The second-order valence-electron chi connectivity index (χ2n) is 2.62. The molecule has 0 aliphatic rings. The van der Waals surface area contributed by atoms with Crippen LogP contribution in [-0.2, 0) is 0 Å². The Balaban J connectivity index is 2.88. The fourth-order valence-electron chi connectivity index (χ4n) is 1.17. The smallest absolute Gasteiger partial charge is 0.270 e. The largest absolute Gasteiger partial charge is 0.300 e. The van der Waals surface area contributed by atoms with E-state index in [1.807, 2.05) is 0 Å². The molecule has 0 amide bonds. The Morgan fingerprint density at radius 3 is 2.93 bits per heavy atom. The number of H-pyrrole nitrogens is 1. The van der Waals surface area contributed by atoms with Crippen LogP contribution in [0.2, 0.25) is 0 Å². The molecular weight excluding hydrogens is 257 g/mol. The second-order valence-corrected chi connectivity index (χ2v) is 3.41. The Morgan fingerprint density at radius 1 is 1.57 bits per heavy atom. The van der Waals surface area contributed by atoms with Crippen molar-refractivity contribution in [2.75, 3.05) is 0 Å². The quantitative estimate of drug-likeness (QED) is 0.631. The van der Waals surface area contributed by atoms with E-state index in [4.69, 9.17) is 0 Å². The molecule has 0 bridgehead atoms. The second kappa shape index (κ2) is 3.02. The van der Waals surface area contributed by atoms with E-state index in [-0.39, 0.29) is 11.2 Å². The van der Waals surface area contributed by atoms with E-state index in [9.17, 15) is 14.5 Å². The zero-order chi connectivity index (χ0) is 10.3. The van der Waals surface area contributed by atoms with Crippen molar-refractivity contribution in [1.29, 1.82) is 0 Å². The third kappa shape index (κ3) is 1.25. The predicted molar refractivity (Wildman–Crippen MR) is 50.4 cm³/mol. The van der Waals surface area contributed by atoms with Crippen molar-refractivity contribution in [1.82, 2.24) is 10.2 Å². The Hall–Kier alpha value is -1.50. The topological polar surface area (TPSA) is 71.8 Å². The molecule has 2 rings (SSSR count). The third-order valence-corrected chi connectivity index (χ3v) is 2.36. The molecule has 0 fully saturated rings. The molecule has 1 heterocycles. The van der Waals surface area contributed by atoms with E-state index >= 15 is 0 Å². The highest BCUT2D eigenvalue weighted by molar-refractivity contribution is 9.10. The van der Waals surface area contributed by atoms with Gasteiger partial charge in [0.05, 0.1) is 11.0 Å². The monoisotopic (exact) mass is 259 g/mol. The van der Waals surface area contributed by atoms with Crippen LogP contribution in [0.25, 0.3) is 10.9 Å². The summed E-state index contributed by atoms with van der Waals surface area (Å²) in [5, 5.41) is 17.1. The Kier molecular flexibility index (Phi) is 1.95. The summed E-state index contributed by atoms with van der Waals surface area (Å²) in [4.78, 5) is 9.88. The number of benzene rings is 1. The molecule has 0 atom stereocenters. The number of hydrogen-bond donors (Lipinski definition) is 1. The minimum absolute atomic E-state index is 0.142. The fraction of sp³-hybridized carbons (Fsp3) is 0. The Morgan fingerprint density at radius 2 is 2.29 bits per heavy atom. The molecule has 1 N–H and O–H groups in total. The molecule has 5 nitrogen and oxygen atoms in total. The number of aromatic nitrogens is 2. The molecule has 0 aliphatic heterocycles. The van der Waals surface area contributed by atoms with Crippen molar-refractivity contribution in [3.8, 4) is 0 Å². The van der Waals surface area contributed by atoms with Gasteiger partial charge in [-0.05, 0) is 22.0 Å². The summed E-state index contributed by atoms with van der Waals surface area (Å²) >= 11 is 3.08. The number of non-ortho nitro benzene ring substituents is 1. The molecule has 14 heavy (non-hydrogen) atoms. The summed E-state index contributed by atoms with van der Waals surface area (Å²) in [6.07, 6.45) is 0. The van der Waals surface area contributed by atoms with Crippen molar-refractivity contribution >= 4 is 32.5 Å². The van der Waals surface area contributed by atoms with Crippen LogP contribution in [0.3, 0.4) is 0 Å². The maximum absolute atomic E-state index is 12.9. The highest BCUT2D eigenvalue weighted by Gasteiger charge is 2.18. The highest BCUT2D eigenvalue weighted by Crippen LogP contribution is 2.29. The van der Waals surface area contributed by atoms with E-state index in [0.29, 0.717) is 9.99 Å². The van der Waals surface area contributed by atoms with Crippen molar-refractivity contribution < 1.29 is 9.31 Å². The van der Waals surface area contributed by atoms with Gasteiger partial charge in [-0.2, -0.15) is 5.10 Å². The standard InChI is InChI=1S/C7H3BrFN3O2/c8-7-4-1-3(9)2-5(12(13)14)6(4)10-11-7/h1-2H,(H,10,11). The average molecular weight is 260 g/mol. The van der Waals surface area contributed by atoms with Gasteiger partial charge in [0.25, 0.3) is 5.69 Å². The summed E-state index contributed by atoms with van der Waals surface area (Å²) in [6.45, 7) is 0. The maximum atomic E-state index is 12.9. The van der Waals surface area contributed by atoms with Crippen LogP contribution in [0.4, 0.5) is 10.1 Å². The summed E-state index contributed by atoms with van der Waals surface area (Å²) in [6, 6.07) is 2.02. The van der Waals surface area contributed by atoms with E-state index in [0.717, 1.165) is 6.07 Å². The van der Waals surface area contributed by atoms with Crippen molar-refractivity contribution in [3.63, 3.8) is 0 Å². The summed E-state index contributed by atoms with van der Waals surface area (Å²) in [5.74, 6) is -0.661. The lowest BCUT2D eigenvalue weighted by Gasteiger charge is -1.93. The Labute approximate surface area is 85.2 Å². The van der Waals surface area contributed by atoms with Crippen LogP contribution in [-0.4, -0.2) is 15.1 Å². The van der Waals surface area contributed by atoms with Crippen molar-refractivity contribution in [2.45, 2.75) is 0 Å². The zero-order valence-corrected chi connectivity index (χ0v) is 8.21. The van der Waals surface area contributed by atoms with Gasteiger partial charge in [-0.25, -0.2) is 4.39 Å². The zero-order valence-electron chi connectivity index (χ0n) is 6.62. The van der Waals surface area contributed by atoms with Gasteiger partial charge in [-0.3, -0.25) is 15.2 Å². The van der Waals surface area contributed by atoms with Gasteiger partial charge < -0.3 is 0 Å². The number of halogens is 2. The lowest BCUT2D eigenvalue weighted by molar-refractivity contribution is -0.383. The van der Waals surface area contributed by atoms with E-state index in [1.165, 1.54) is 6.07 Å². The van der Waals surface area contributed by atoms with Gasteiger partial charge in [0, 0.05) is 5.39 Å². The van der Waals surface area contributed by atoms with Crippen LogP contribution >= 0.6 is 15.9 Å². The van der Waals surface area contributed by atoms with Gasteiger partial charge in [0.15, 0.2) is 5.52 Å². The summed E-state index contributed by atoms with van der Waals surface area (Å²) < 4.78 is 13.4. The number of nitro groups is 1. The SMILES string of the molecule is O=[N+]([O-])c1cc(F)cc2c(Br)[nH]nc12. The number of nitro benzene ring substituents is 1. The molecule has 0 aliphatic carbocycles. The van der Waals surface area contributed by atoms with Crippen LogP contribution in [0.1, 0.15) is 0 Å². The number of nitrogens with one attached hydrogen (secondary N) is 1. The number of fused-ring (bicyclic) bond motifs is 1. The molecule has 0 unspecified atom stereocenters. The molecule has 2 aromatic rings. The first-order chi connectivity index (χ1) is 6.59. The average Bonchev–Trinajstić information content (AvgIpc) is 2.47. The van der Waals surface area contributed by atoms with Crippen LogP contribution < -0.4 is 0 Å². The number of aromatic amines is 1. The molecule has 0 saturated carbocycles. The number of hydrogen-bond acceptors (Lipinski definition) is 3. The Bertz CT molecular complexity index is 525. The minimum atomic E-state index is -0.668. The molecular formula is C7H3BrFN3O2. The van der Waals surface area contributed by atoms with E-state index in [1.54, 1.807) is 0 Å². The van der Waals surface area contributed by atoms with Crippen LogP contribution in [0.15, 0.2) is 16.7 Å². The first kappa shape index (κ1) is 9.07. The van der Waals surface area contributed by atoms with Crippen LogP contribution in [0.5, 0.6) is 0 Å². The first-order valence-electron chi connectivity index (χ1n) is 3.57. The lowest BCUT2D eigenvalue weighted by Crippen LogP contribution is -1.90. The molecule has 7 heteroatoms. The highest BCUT2D eigenvalue weighted by atomic mass is 79.9. The normalized spacial score (nSPS) is 10.7. The van der Waals surface area contributed by atoms with E-state index in [2.05, 4.69) is 26.1 Å². The van der Waals surface area contributed by atoms with Crippen LogP contribution in [0, 0.1) is 15.9 Å². The van der Waals surface area contributed by atoms with Gasteiger partial charge in [-0.1, -0.05) is 0 Å². The summed E-state index contributed by atoms with van der Waals surface area (Å²) in [5.41, 5.74) is -0.203. The molecule has 0 radical (unpaired) electrons.